The highest BCUT2D eigenvalue weighted by Gasteiger charge is 2.56. The van der Waals surface area contributed by atoms with Gasteiger partial charge in [0.2, 0.25) is 29.5 Å². The number of aryl methyl sites for hydroxylation is 2. The Hall–Kier alpha value is -5.64. The Bertz CT molecular complexity index is 2360. The van der Waals surface area contributed by atoms with Gasteiger partial charge in [-0.15, -0.1) is 0 Å². The second-order valence-corrected chi connectivity index (χ2v) is 22.6. The van der Waals surface area contributed by atoms with E-state index < -0.39 is 70.6 Å². The van der Waals surface area contributed by atoms with E-state index >= 15 is 0 Å². The predicted octanol–water partition coefficient (Wildman–Crippen LogP) is 5.15. The molecule has 6 aliphatic rings. The van der Waals surface area contributed by atoms with Crippen molar-refractivity contribution in [2.45, 2.75) is 192 Å². The standard InChI is InChI=1S/C31H44N4O6.C22H29N3O3/c1-18(34(7)29(40)41-30(2,3)4)26(37)33-24-16-21(36)15-20-17-31(5,6)25(35(20)28(24)39)27(38)32-23-14-10-12-19-11-8-9-13-22(19)23;1-22(2)12-14-10-15(26)11-17(23)21(28)25(14)19(22)20(27)24-18-9-5-7-13-6-3-4-8-16(13)18/h8-9,11,13,18,20,23-25H,10,12,14-17H2,1-7H3,(H,32,38)(H,33,37);3-4,6,8,14,17-19H,5,7,9-12,23H2,1-2H3,(H,24,27)/t18-,20-,23+,24-,25?;14-,17-,18+,19?/m00/s1. The van der Waals surface area contributed by atoms with Crippen LogP contribution in [0.1, 0.15) is 154 Å². The number of nitrogens with two attached hydrogens (primary N) is 1. The van der Waals surface area contributed by atoms with E-state index in [2.05, 4.69) is 34.1 Å². The third-order valence-corrected chi connectivity index (χ3v) is 15.1. The van der Waals surface area contributed by atoms with Crippen molar-refractivity contribution in [3.05, 3.63) is 70.8 Å². The van der Waals surface area contributed by atoms with Gasteiger partial charge in [0, 0.05) is 44.8 Å². The molecule has 69 heavy (non-hydrogen) atoms. The molecule has 16 heteroatoms. The minimum Gasteiger partial charge on any atom is -0.444 e. The number of hydrogen-bond acceptors (Lipinski definition) is 10. The fraction of sp³-hybridized carbons (Fsp3) is 0.623. The van der Waals surface area contributed by atoms with Crippen LogP contribution in [0, 0.1) is 10.8 Å². The third kappa shape index (κ3) is 11.1. The van der Waals surface area contributed by atoms with Crippen molar-refractivity contribution in [2.24, 2.45) is 16.6 Å². The first-order valence-electron chi connectivity index (χ1n) is 24.8. The van der Waals surface area contributed by atoms with E-state index in [0.29, 0.717) is 19.3 Å². The summed E-state index contributed by atoms with van der Waals surface area (Å²) in [6, 6.07) is 11.1. The second kappa shape index (κ2) is 20.0. The quantitative estimate of drug-likeness (QED) is 0.286. The molecule has 9 atom stereocenters. The third-order valence-electron chi connectivity index (χ3n) is 15.1. The van der Waals surface area contributed by atoms with Gasteiger partial charge in [0.25, 0.3) is 0 Å². The van der Waals surface area contributed by atoms with Gasteiger partial charge in [0.15, 0.2) is 0 Å². The normalized spacial score (nSPS) is 28.5. The van der Waals surface area contributed by atoms with Crippen LogP contribution in [-0.2, 0) is 51.1 Å². The maximum Gasteiger partial charge on any atom is 0.410 e. The number of nitrogens with one attached hydrogen (secondary N) is 3. The highest BCUT2D eigenvalue weighted by atomic mass is 16.6. The molecular weight excluding hydrogens is 879 g/mol. The van der Waals surface area contributed by atoms with Crippen LogP contribution in [0.4, 0.5) is 4.79 Å². The number of ketones is 2. The molecule has 16 nitrogen and oxygen atoms in total. The van der Waals surface area contributed by atoms with Crippen LogP contribution in [-0.4, -0.2) is 117 Å². The number of hydrogen-bond donors (Lipinski definition) is 4. The van der Waals surface area contributed by atoms with Gasteiger partial charge in [0.05, 0.1) is 18.1 Å². The molecule has 4 heterocycles. The number of benzene rings is 2. The Morgan fingerprint density at radius 1 is 0.681 bits per heavy atom. The highest BCUT2D eigenvalue weighted by molar-refractivity contribution is 5.99. The van der Waals surface area contributed by atoms with E-state index in [4.69, 9.17) is 10.5 Å². The van der Waals surface area contributed by atoms with Gasteiger partial charge < -0.3 is 36.2 Å². The number of carbonyl (C=O) groups is 8. The first-order valence-corrected chi connectivity index (χ1v) is 24.8. The summed E-state index contributed by atoms with van der Waals surface area (Å²) in [6.45, 7) is 14.6. The predicted molar refractivity (Wildman–Crippen MR) is 258 cm³/mol. The van der Waals surface area contributed by atoms with Crippen LogP contribution in [0.15, 0.2) is 48.5 Å². The molecule has 2 aromatic carbocycles. The van der Waals surface area contributed by atoms with Crippen LogP contribution in [0.2, 0.25) is 0 Å². The van der Waals surface area contributed by atoms with E-state index in [-0.39, 0.29) is 66.7 Å². The summed E-state index contributed by atoms with van der Waals surface area (Å²) < 4.78 is 5.36. The van der Waals surface area contributed by atoms with Gasteiger partial charge in [0.1, 0.15) is 41.3 Å². The van der Waals surface area contributed by atoms with Crippen molar-refractivity contribution in [2.75, 3.05) is 7.05 Å². The number of fused-ring (bicyclic) bond motifs is 4. The molecule has 4 saturated heterocycles. The van der Waals surface area contributed by atoms with Crippen LogP contribution in [0.25, 0.3) is 0 Å². The Balaban J connectivity index is 0.000000218. The van der Waals surface area contributed by atoms with Crippen LogP contribution in [0.3, 0.4) is 0 Å². The molecule has 6 amide bonds. The molecule has 0 radical (unpaired) electrons. The molecule has 2 unspecified atom stereocenters. The maximum atomic E-state index is 14.0. The zero-order valence-corrected chi connectivity index (χ0v) is 41.9. The number of carbonyl (C=O) groups excluding carboxylic acids is 8. The van der Waals surface area contributed by atoms with E-state index in [0.717, 1.165) is 49.0 Å². The molecule has 2 aromatic rings. The van der Waals surface area contributed by atoms with Gasteiger partial charge in [-0.2, -0.15) is 0 Å². The summed E-state index contributed by atoms with van der Waals surface area (Å²) in [5.74, 6) is -1.83. The smallest absolute Gasteiger partial charge is 0.410 e. The largest absolute Gasteiger partial charge is 0.444 e. The molecule has 4 fully saturated rings. The molecule has 5 N–H and O–H groups in total. The zero-order chi connectivity index (χ0) is 50.3. The monoisotopic (exact) mass is 952 g/mol. The lowest BCUT2D eigenvalue weighted by Gasteiger charge is -2.36. The highest BCUT2D eigenvalue weighted by Crippen LogP contribution is 2.45. The minimum atomic E-state index is -1.13. The lowest BCUT2D eigenvalue weighted by molar-refractivity contribution is -0.145. The van der Waals surface area contributed by atoms with Crippen LogP contribution < -0.4 is 21.7 Å². The van der Waals surface area contributed by atoms with E-state index in [1.54, 1.807) is 30.6 Å². The van der Waals surface area contributed by atoms with E-state index in [1.807, 2.05) is 58.0 Å². The first-order chi connectivity index (χ1) is 32.4. The zero-order valence-electron chi connectivity index (χ0n) is 41.9. The van der Waals surface area contributed by atoms with Gasteiger partial charge in [-0.3, -0.25) is 38.5 Å². The number of rotatable bonds is 7. The van der Waals surface area contributed by atoms with E-state index in [1.165, 1.54) is 30.7 Å². The summed E-state index contributed by atoms with van der Waals surface area (Å²) in [5.41, 5.74) is 9.03. The molecule has 0 aromatic heterocycles. The lowest BCUT2D eigenvalue weighted by atomic mass is 9.81. The van der Waals surface area contributed by atoms with Crippen molar-refractivity contribution in [1.82, 2.24) is 30.7 Å². The summed E-state index contributed by atoms with van der Waals surface area (Å²) in [5, 5.41) is 9.13. The molecule has 4 aliphatic heterocycles. The van der Waals surface area contributed by atoms with Crippen molar-refractivity contribution in [3.63, 3.8) is 0 Å². The van der Waals surface area contributed by atoms with E-state index in [9.17, 15) is 38.4 Å². The maximum absolute atomic E-state index is 14.0. The van der Waals surface area contributed by atoms with Crippen LogP contribution >= 0.6 is 0 Å². The second-order valence-electron chi connectivity index (χ2n) is 22.6. The molecule has 2 aliphatic carbocycles. The fourth-order valence-corrected chi connectivity index (χ4v) is 11.8. The Morgan fingerprint density at radius 3 is 1.61 bits per heavy atom. The summed E-state index contributed by atoms with van der Waals surface area (Å²) in [4.78, 5) is 109. The summed E-state index contributed by atoms with van der Waals surface area (Å²) in [7, 11) is 1.45. The average molecular weight is 952 g/mol. The Kier molecular flexibility index (Phi) is 14.8. The molecule has 0 spiro atoms. The molecular formula is C53H73N7O9. The van der Waals surface area contributed by atoms with Gasteiger partial charge in [-0.25, -0.2) is 4.79 Å². The average Bonchev–Trinajstić information content (AvgIpc) is 3.62. The minimum absolute atomic E-state index is 0.00594. The number of ether oxygens (including phenoxy) is 1. The van der Waals surface area contributed by atoms with Crippen molar-refractivity contribution in [3.8, 4) is 0 Å². The van der Waals surface area contributed by atoms with Gasteiger partial charge >= 0.3 is 6.09 Å². The van der Waals surface area contributed by atoms with Gasteiger partial charge in [-0.1, -0.05) is 76.2 Å². The Morgan fingerprint density at radius 2 is 1.13 bits per heavy atom. The number of Topliss-reactive ketones (excluding diaryl/α,β-unsaturated/α-hetero) is 2. The number of likely N-dealkylation sites (N-methyl/N-ethyl adjacent to an activating group) is 1. The van der Waals surface area contributed by atoms with Crippen LogP contribution in [0.5, 0.6) is 0 Å². The molecule has 8 rings (SSSR count). The fourth-order valence-electron chi connectivity index (χ4n) is 11.8. The summed E-state index contributed by atoms with van der Waals surface area (Å²) >= 11 is 0. The van der Waals surface area contributed by atoms with Crippen molar-refractivity contribution >= 4 is 47.2 Å². The lowest BCUT2D eigenvalue weighted by Crippen LogP contribution is -2.58. The number of amides is 6. The molecule has 374 valence electrons. The van der Waals surface area contributed by atoms with Crippen molar-refractivity contribution < 1.29 is 43.1 Å². The Labute approximate surface area is 406 Å². The first kappa shape index (κ1) is 51.2. The topological polar surface area (TPSA) is 218 Å². The SMILES string of the molecule is CC1(C)C[C@@H]2CC(=O)C[C@H](N)C(=O)N2C1C(=O)N[C@@H]1CCCc2ccccc21.C[C@@H](C(=O)N[C@H]1CC(=O)C[C@H]2CC(C)(C)C(C(=O)N[C@@H]3CCCc4ccccc43)N2C1=O)N(C)C(=O)OC(C)(C)C. The molecule has 0 bridgehead atoms. The molecule has 0 saturated carbocycles. The number of nitrogens with zero attached hydrogens (tertiary/aromatic N) is 3. The van der Waals surface area contributed by atoms with Crippen molar-refractivity contribution in [1.29, 1.82) is 0 Å². The van der Waals surface area contributed by atoms with Gasteiger partial charge in [-0.05, 0) is 112 Å². The summed E-state index contributed by atoms with van der Waals surface area (Å²) in [6.07, 6.45) is 6.48.